The monoisotopic (exact) mass is 312 g/mol. The predicted octanol–water partition coefficient (Wildman–Crippen LogP) is 2.63. The number of rotatable bonds is 4. The van der Waals surface area contributed by atoms with Crippen LogP contribution in [-0.4, -0.2) is 20.6 Å². The number of aromatic nitrogens is 3. The van der Waals surface area contributed by atoms with E-state index in [1.807, 2.05) is 25.1 Å². The van der Waals surface area contributed by atoms with Crippen LogP contribution in [0.15, 0.2) is 41.2 Å². The Bertz CT molecular complexity index is 867. The molecule has 1 saturated carbocycles. The molecule has 0 bridgehead atoms. The minimum atomic E-state index is -0.104. The summed E-state index contributed by atoms with van der Waals surface area (Å²) < 4.78 is 1.38. The SMILES string of the molecule is Cc1nn2c(=O)cc(CN(c3ccccc3)C3CC3)nc2s1. The van der Waals surface area contributed by atoms with E-state index in [1.165, 1.54) is 34.4 Å². The minimum absolute atomic E-state index is 0.104. The molecule has 2 heterocycles. The first-order valence-electron chi connectivity index (χ1n) is 7.39. The average molecular weight is 312 g/mol. The second kappa shape index (κ2) is 5.21. The molecule has 0 spiro atoms. The second-order valence-electron chi connectivity index (χ2n) is 5.60. The largest absolute Gasteiger partial charge is 0.363 e. The molecule has 22 heavy (non-hydrogen) atoms. The number of hydrogen-bond donors (Lipinski definition) is 0. The van der Waals surface area contributed by atoms with Gasteiger partial charge in [-0.1, -0.05) is 29.5 Å². The first-order valence-corrected chi connectivity index (χ1v) is 8.20. The fourth-order valence-corrected chi connectivity index (χ4v) is 3.41. The number of para-hydroxylation sites is 1. The summed E-state index contributed by atoms with van der Waals surface area (Å²) in [6.07, 6.45) is 2.41. The lowest BCUT2D eigenvalue weighted by Gasteiger charge is -2.24. The third-order valence-corrected chi connectivity index (χ3v) is 4.63. The number of hydrogen-bond acceptors (Lipinski definition) is 5. The highest BCUT2D eigenvalue weighted by Gasteiger charge is 2.29. The van der Waals surface area contributed by atoms with E-state index < -0.39 is 0 Å². The summed E-state index contributed by atoms with van der Waals surface area (Å²) in [6.45, 7) is 2.55. The van der Waals surface area contributed by atoms with Crippen molar-refractivity contribution in [3.8, 4) is 0 Å². The molecule has 0 saturated heterocycles. The molecule has 112 valence electrons. The van der Waals surface area contributed by atoms with Gasteiger partial charge in [0.2, 0.25) is 4.96 Å². The Hall–Kier alpha value is -2.21. The molecule has 3 aromatic rings. The van der Waals surface area contributed by atoms with Crippen molar-refractivity contribution in [3.63, 3.8) is 0 Å². The Morgan fingerprint density at radius 2 is 2.09 bits per heavy atom. The van der Waals surface area contributed by atoms with Crippen LogP contribution in [0.25, 0.3) is 4.96 Å². The van der Waals surface area contributed by atoms with Crippen LogP contribution in [0.2, 0.25) is 0 Å². The maximum absolute atomic E-state index is 12.2. The van der Waals surface area contributed by atoms with Gasteiger partial charge in [0.25, 0.3) is 5.56 Å². The van der Waals surface area contributed by atoms with Gasteiger partial charge in [-0.3, -0.25) is 4.79 Å². The van der Waals surface area contributed by atoms with E-state index >= 15 is 0 Å². The molecule has 1 aromatic carbocycles. The zero-order chi connectivity index (χ0) is 15.1. The van der Waals surface area contributed by atoms with Crippen molar-refractivity contribution in [1.29, 1.82) is 0 Å². The van der Waals surface area contributed by atoms with Crippen molar-refractivity contribution in [1.82, 2.24) is 14.6 Å². The average Bonchev–Trinajstić information content (AvgIpc) is 3.28. The molecule has 1 aliphatic carbocycles. The lowest BCUT2D eigenvalue weighted by Crippen LogP contribution is -2.27. The standard InChI is InChI=1S/C16H16N4OS/c1-11-18-20-15(21)9-12(17-16(20)22-11)10-19(14-7-8-14)13-5-3-2-4-6-13/h2-6,9,14H,7-8,10H2,1H3. The zero-order valence-electron chi connectivity index (χ0n) is 12.3. The van der Waals surface area contributed by atoms with Crippen LogP contribution in [-0.2, 0) is 6.54 Å². The van der Waals surface area contributed by atoms with Crippen LogP contribution in [0.3, 0.4) is 0 Å². The van der Waals surface area contributed by atoms with Gasteiger partial charge in [-0.15, -0.1) is 0 Å². The Balaban J connectivity index is 1.70. The maximum Gasteiger partial charge on any atom is 0.275 e. The van der Waals surface area contributed by atoms with Gasteiger partial charge in [0, 0.05) is 17.8 Å². The zero-order valence-corrected chi connectivity index (χ0v) is 13.1. The molecule has 5 nitrogen and oxygen atoms in total. The van der Waals surface area contributed by atoms with Crippen LogP contribution < -0.4 is 10.5 Å². The van der Waals surface area contributed by atoms with Gasteiger partial charge < -0.3 is 4.90 Å². The highest BCUT2D eigenvalue weighted by molar-refractivity contribution is 7.16. The summed E-state index contributed by atoms with van der Waals surface area (Å²) in [5, 5.41) is 5.04. The Kier molecular flexibility index (Phi) is 3.18. The van der Waals surface area contributed by atoms with Gasteiger partial charge in [0.15, 0.2) is 0 Å². The normalized spacial score (nSPS) is 14.4. The van der Waals surface area contributed by atoms with Crippen molar-refractivity contribution < 1.29 is 0 Å². The van der Waals surface area contributed by atoms with Crippen molar-refractivity contribution >= 4 is 22.0 Å². The fourth-order valence-electron chi connectivity index (χ4n) is 2.64. The van der Waals surface area contributed by atoms with Gasteiger partial charge in [-0.2, -0.15) is 9.61 Å². The second-order valence-corrected chi connectivity index (χ2v) is 6.76. The van der Waals surface area contributed by atoms with Crippen LogP contribution in [0.5, 0.6) is 0 Å². The molecule has 0 unspecified atom stereocenters. The summed E-state index contributed by atoms with van der Waals surface area (Å²) in [6, 6.07) is 12.5. The van der Waals surface area contributed by atoms with Gasteiger partial charge >= 0.3 is 0 Å². The van der Waals surface area contributed by atoms with E-state index in [0.717, 1.165) is 10.7 Å². The van der Waals surface area contributed by atoms with Crippen LogP contribution >= 0.6 is 11.3 Å². The number of anilines is 1. The third-order valence-electron chi connectivity index (χ3n) is 3.81. The van der Waals surface area contributed by atoms with Gasteiger partial charge in [0.1, 0.15) is 5.01 Å². The van der Waals surface area contributed by atoms with E-state index in [0.29, 0.717) is 17.5 Å². The summed E-state index contributed by atoms with van der Waals surface area (Å²) in [4.78, 5) is 19.8. The molecule has 0 atom stereocenters. The Labute approximate surface area is 131 Å². The fraction of sp³-hybridized carbons (Fsp3) is 0.312. The van der Waals surface area contributed by atoms with Crippen molar-refractivity contribution in [2.24, 2.45) is 0 Å². The molecule has 0 N–H and O–H groups in total. The molecule has 6 heteroatoms. The predicted molar refractivity (Wildman–Crippen MR) is 87.5 cm³/mol. The highest BCUT2D eigenvalue weighted by Crippen LogP contribution is 2.32. The number of aryl methyl sites for hydroxylation is 1. The topological polar surface area (TPSA) is 50.5 Å². The molecular formula is C16H16N4OS. The maximum atomic E-state index is 12.2. The minimum Gasteiger partial charge on any atom is -0.363 e. The van der Waals surface area contributed by atoms with Crippen LogP contribution in [0, 0.1) is 6.92 Å². The summed E-state index contributed by atoms with van der Waals surface area (Å²) >= 11 is 1.45. The molecular weight excluding hydrogens is 296 g/mol. The van der Waals surface area contributed by atoms with E-state index in [1.54, 1.807) is 6.07 Å². The lowest BCUT2D eigenvalue weighted by molar-refractivity contribution is 0.766. The molecule has 2 aromatic heterocycles. The number of fused-ring (bicyclic) bond motifs is 1. The van der Waals surface area contributed by atoms with Crippen molar-refractivity contribution in [3.05, 3.63) is 57.5 Å². The van der Waals surface area contributed by atoms with Crippen molar-refractivity contribution in [2.75, 3.05) is 4.90 Å². The van der Waals surface area contributed by atoms with E-state index in [9.17, 15) is 4.79 Å². The van der Waals surface area contributed by atoms with Gasteiger partial charge in [-0.25, -0.2) is 4.98 Å². The summed E-state index contributed by atoms with van der Waals surface area (Å²) in [5.41, 5.74) is 1.89. The Morgan fingerprint density at radius 1 is 1.32 bits per heavy atom. The molecule has 1 aliphatic rings. The third kappa shape index (κ3) is 2.50. The number of nitrogens with zero attached hydrogens (tertiary/aromatic N) is 4. The van der Waals surface area contributed by atoms with Crippen molar-refractivity contribution in [2.45, 2.75) is 32.4 Å². The molecule has 4 rings (SSSR count). The summed E-state index contributed by atoms with van der Waals surface area (Å²) in [7, 11) is 0. The van der Waals surface area contributed by atoms with Crippen LogP contribution in [0.4, 0.5) is 5.69 Å². The van der Waals surface area contributed by atoms with Gasteiger partial charge in [0.05, 0.1) is 12.2 Å². The molecule has 1 fully saturated rings. The molecule has 0 aliphatic heterocycles. The van der Waals surface area contributed by atoms with E-state index in [4.69, 9.17) is 0 Å². The molecule has 0 radical (unpaired) electrons. The Morgan fingerprint density at radius 3 is 2.82 bits per heavy atom. The first kappa shape index (κ1) is 13.5. The highest BCUT2D eigenvalue weighted by atomic mass is 32.1. The number of benzene rings is 1. The lowest BCUT2D eigenvalue weighted by atomic mass is 10.2. The smallest absolute Gasteiger partial charge is 0.275 e. The van der Waals surface area contributed by atoms with E-state index in [-0.39, 0.29) is 5.56 Å². The molecule has 0 amide bonds. The van der Waals surface area contributed by atoms with E-state index in [2.05, 4.69) is 27.1 Å². The quantitative estimate of drug-likeness (QED) is 0.743. The first-order chi connectivity index (χ1) is 10.7. The van der Waals surface area contributed by atoms with Gasteiger partial charge in [-0.05, 0) is 31.9 Å². The summed E-state index contributed by atoms with van der Waals surface area (Å²) in [5.74, 6) is 0. The van der Waals surface area contributed by atoms with Crippen LogP contribution in [0.1, 0.15) is 23.5 Å².